The zero-order valence-corrected chi connectivity index (χ0v) is 10.5. The van der Waals surface area contributed by atoms with Crippen LogP contribution in [0.25, 0.3) is 0 Å². The lowest BCUT2D eigenvalue weighted by atomic mass is 10.2. The number of nitrogens with two attached hydrogens (primary N) is 1. The number of nitrogens with one attached hydrogen (secondary N) is 1. The molecule has 0 amide bonds. The predicted molar refractivity (Wildman–Crippen MR) is 62.1 cm³/mol. The molecule has 94 valence electrons. The molecule has 0 spiro atoms. The minimum atomic E-state index is -3.55. The van der Waals surface area contributed by atoms with Gasteiger partial charge in [0.2, 0.25) is 0 Å². The molecular weight excluding hydrogens is 228 g/mol. The Kier molecular flexibility index (Phi) is 3.24. The van der Waals surface area contributed by atoms with E-state index >= 15 is 0 Å². The standard InChI is InChI=1S/C9H20N4O2S/c1-12-4-6-13(7-5-12)9(2-3-9)8-11-16(10,14)15/h11H,2-8H2,1H3,(H2,10,14,15). The third kappa shape index (κ3) is 2.92. The van der Waals surface area contributed by atoms with Crippen molar-refractivity contribution in [3.63, 3.8) is 0 Å². The van der Waals surface area contributed by atoms with Crippen LogP contribution in [0.2, 0.25) is 0 Å². The van der Waals surface area contributed by atoms with Crippen molar-refractivity contribution < 1.29 is 8.42 Å². The normalized spacial score (nSPS) is 26.9. The second-order valence-electron chi connectivity index (χ2n) is 4.88. The molecule has 16 heavy (non-hydrogen) atoms. The second kappa shape index (κ2) is 4.23. The van der Waals surface area contributed by atoms with Crippen LogP contribution in [0.4, 0.5) is 0 Å². The lowest BCUT2D eigenvalue weighted by Crippen LogP contribution is -2.54. The first-order valence-corrected chi connectivity index (χ1v) is 7.17. The molecule has 7 heteroatoms. The van der Waals surface area contributed by atoms with E-state index < -0.39 is 10.2 Å². The van der Waals surface area contributed by atoms with Gasteiger partial charge in [-0.2, -0.15) is 8.42 Å². The summed E-state index contributed by atoms with van der Waals surface area (Å²) in [6, 6.07) is 0. The van der Waals surface area contributed by atoms with E-state index in [0.29, 0.717) is 6.54 Å². The topological polar surface area (TPSA) is 78.7 Å². The highest BCUT2D eigenvalue weighted by molar-refractivity contribution is 7.87. The minimum absolute atomic E-state index is 0.0493. The van der Waals surface area contributed by atoms with Gasteiger partial charge in [0.1, 0.15) is 0 Å². The van der Waals surface area contributed by atoms with Crippen molar-refractivity contribution in [2.45, 2.75) is 18.4 Å². The smallest absolute Gasteiger partial charge is 0.274 e. The van der Waals surface area contributed by atoms with Crippen molar-refractivity contribution in [1.29, 1.82) is 0 Å². The summed E-state index contributed by atoms with van der Waals surface area (Å²) in [7, 11) is -1.44. The summed E-state index contributed by atoms with van der Waals surface area (Å²) in [4.78, 5) is 4.69. The van der Waals surface area contributed by atoms with Crippen molar-refractivity contribution in [2.75, 3.05) is 39.8 Å². The Hall–Kier alpha value is -0.210. The van der Waals surface area contributed by atoms with Crippen LogP contribution in [0, 0.1) is 0 Å². The van der Waals surface area contributed by atoms with Crippen LogP contribution < -0.4 is 9.86 Å². The SMILES string of the molecule is CN1CCN(C2(CNS(N)(=O)=O)CC2)CC1. The van der Waals surface area contributed by atoms with Crippen LogP contribution in [0.1, 0.15) is 12.8 Å². The molecule has 0 aromatic rings. The largest absolute Gasteiger partial charge is 0.304 e. The van der Waals surface area contributed by atoms with Crippen LogP contribution in [-0.2, 0) is 10.2 Å². The highest BCUT2D eigenvalue weighted by atomic mass is 32.2. The molecule has 0 bridgehead atoms. The van der Waals surface area contributed by atoms with Crippen LogP contribution in [0.5, 0.6) is 0 Å². The second-order valence-corrected chi connectivity index (χ2v) is 6.26. The van der Waals surface area contributed by atoms with E-state index in [1.807, 2.05) is 0 Å². The van der Waals surface area contributed by atoms with Crippen molar-refractivity contribution in [1.82, 2.24) is 14.5 Å². The van der Waals surface area contributed by atoms with Gasteiger partial charge in [0.25, 0.3) is 10.2 Å². The first-order valence-electron chi connectivity index (χ1n) is 5.62. The Morgan fingerprint density at radius 2 is 1.81 bits per heavy atom. The van der Waals surface area contributed by atoms with Gasteiger partial charge in [-0.3, -0.25) is 4.90 Å². The summed E-state index contributed by atoms with van der Waals surface area (Å²) >= 11 is 0. The van der Waals surface area contributed by atoms with E-state index in [9.17, 15) is 8.42 Å². The Balaban J connectivity index is 1.88. The van der Waals surface area contributed by atoms with Gasteiger partial charge < -0.3 is 4.90 Å². The van der Waals surface area contributed by atoms with Gasteiger partial charge >= 0.3 is 0 Å². The van der Waals surface area contributed by atoms with Crippen molar-refractivity contribution in [3.05, 3.63) is 0 Å². The van der Waals surface area contributed by atoms with Crippen molar-refractivity contribution in [3.8, 4) is 0 Å². The number of likely N-dealkylation sites (N-methyl/N-ethyl adjacent to an activating group) is 1. The number of nitrogens with zero attached hydrogens (tertiary/aromatic N) is 2. The Bertz CT molecular complexity index is 345. The molecule has 1 aliphatic carbocycles. The molecule has 2 aliphatic rings. The summed E-state index contributed by atoms with van der Waals surface area (Å²) in [5.41, 5.74) is 0.0493. The first kappa shape index (κ1) is 12.3. The Labute approximate surface area is 97.0 Å². The van der Waals surface area contributed by atoms with E-state index in [-0.39, 0.29) is 5.54 Å². The minimum Gasteiger partial charge on any atom is -0.304 e. The quantitative estimate of drug-likeness (QED) is 0.639. The van der Waals surface area contributed by atoms with Gasteiger partial charge in [-0.15, -0.1) is 0 Å². The lowest BCUT2D eigenvalue weighted by molar-refractivity contribution is 0.100. The molecule has 1 saturated heterocycles. The molecule has 0 aromatic heterocycles. The van der Waals surface area contributed by atoms with E-state index in [1.165, 1.54) is 0 Å². The Morgan fingerprint density at radius 3 is 2.25 bits per heavy atom. The molecule has 2 rings (SSSR count). The van der Waals surface area contributed by atoms with E-state index in [2.05, 4.69) is 21.6 Å². The van der Waals surface area contributed by atoms with E-state index in [4.69, 9.17) is 5.14 Å². The van der Waals surface area contributed by atoms with Crippen LogP contribution in [-0.4, -0.2) is 63.5 Å². The third-order valence-corrected chi connectivity index (χ3v) is 4.15. The zero-order chi connectivity index (χ0) is 11.8. The van der Waals surface area contributed by atoms with E-state index in [0.717, 1.165) is 39.0 Å². The van der Waals surface area contributed by atoms with Crippen LogP contribution in [0.3, 0.4) is 0 Å². The number of rotatable bonds is 4. The molecule has 0 atom stereocenters. The van der Waals surface area contributed by atoms with Gasteiger partial charge in [-0.25, -0.2) is 9.86 Å². The number of hydrogen-bond acceptors (Lipinski definition) is 4. The van der Waals surface area contributed by atoms with Crippen molar-refractivity contribution >= 4 is 10.2 Å². The monoisotopic (exact) mass is 248 g/mol. The Morgan fingerprint density at radius 1 is 1.25 bits per heavy atom. The van der Waals surface area contributed by atoms with Crippen molar-refractivity contribution in [2.24, 2.45) is 5.14 Å². The van der Waals surface area contributed by atoms with E-state index in [1.54, 1.807) is 0 Å². The van der Waals surface area contributed by atoms with Crippen LogP contribution >= 0.6 is 0 Å². The number of hydrogen-bond donors (Lipinski definition) is 2. The average molecular weight is 248 g/mol. The maximum atomic E-state index is 10.9. The fourth-order valence-electron chi connectivity index (χ4n) is 2.26. The molecule has 1 saturated carbocycles. The number of piperazine rings is 1. The fraction of sp³-hybridized carbons (Fsp3) is 1.00. The molecule has 3 N–H and O–H groups in total. The summed E-state index contributed by atoms with van der Waals surface area (Å²) < 4.78 is 24.2. The highest BCUT2D eigenvalue weighted by Gasteiger charge is 2.48. The summed E-state index contributed by atoms with van der Waals surface area (Å²) in [6.45, 7) is 4.59. The molecule has 0 aromatic carbocycles. The summed E-state index contributed by atoms with van der Waals surface area (Å²) in [5, 5.41) is 4.96. The highest BCUT2D eigenvalue weighted by Crippen LogP contribution is 2.41. The average Bonchev–Trinajstić information content (AvgIpc) is 2.96. The van der Waals surface area contributed by atoms with Gasteiger partial charge in [-0.1, -0.05) is 0 Å². The molecule has 1 heterocycles. The first-order chi connectivity index (χ1) is 7.41. The third-order valence-electron chi connectivity index (χ3n) is 3.60. The van der Waals surface area contributed by atoms with Gasteiger partial charge in [0.15, 0.2) is 0 Å². The summed E-state index contributed by atoms with van der Waals surface area (Å²) in [6.07, 6.45) is 2.14. The van der Waals surface area contributed by atoms with Gasteiger partial charge in [0, 0.05) is 38.3 Å². The molecule has 0 radical (unpaired) electrons. The molecule has 2 fully saturated rings. The maximum Gasteiger partial charge on any atom is 0.274 e. The van der Waals surface area contributed by atoms with Gasteiger partial charge in [0.05, 0.1) is 0 Å². The fourth-order valence-corrected chi connectivity index (χ4v) is 2.73. The molecule has 1 aliphatic heterocycles. The van der Waals surface area contributed by atoms with Crippen LogP contribution in [0.15, 0.2) is 0 Å². The maximum absolute atomic E-state index is 10.9. The zero-order valence-electron chi connectivity index (χ0n) is 9.65. The summed E-state index contributed by atoms with van der Waals surface area (Å²) in [5.74, 6) is 0. The molecule has 6 nitrogen and oxygen atoms in total. The lowest BCUT2D eigenvalue weighted by Gasteiger charge is -2.38. The molecule has 0 unspecified atom stereocenters. The van der Waals surface area contributed by atoms with Gasteiger partial charge in [-0.05, 0) is 19.9 Å². The molecular formula is C9H20N4O2S. The predicted octanol–water partition coefficient (Wildman–Crippen LogP) is -1.44.